The minimum absolute atomic E-state index is 0.164. The highest BCUT2D eigenvalue weighted by Gasteiger charge is 2.17. The first kappa shape index (κ1) is 18.3. The summed E-state index contributed by atoms with van der Waals surface area (Å²) in [6, 6.07) is 20.2. The van der Waals surface area contributed by atoms with Gasteiger partial charge in [-0.25, -0.2) is 4.98 Å². The van der Waals surface area contributed by atoms with Crippen molar-refractivity contribution in [3.05, 3.63) is 60.7 Å². The highest BCUT2D eigenvalue weighted by molar-refractivity contribution is 5.67. The largest absolute Gasteiger partial charge is 0.491 e. The number of nitrogens with one attached hydrogen (secondary N) is 1. The lowest BCUT2D eigenvalue weighted by atomic mass is 10.1. The van der Waals surface area contributed by atoms with E-state index in [4.69, 9.17) is 14.7 Å². The van der Waals surface area contributed by atoms with E-state index in [0.717, 1.165) is 47.5 Å². The molecule has 0 saturated carbocycles. The van der Waals surface area contributed by atoms with Gasteiger partial charge in [0.15, 0.2) is 0 Å². The van der Waals surface area contributed by atoms with E-state index in [1.54, 1.807) is 0 Å². The molecule has 2 aromatic carbocycles. The van der Waals surface area contributed by atoms with Crippen LogP contribution in [0.15, 0.2) is 60.7 Å². The molecule has 0 bridgehead atoms. The van der Waals surface area contributed by atoms with Gasteiger partial charge >= 0.3 is 0 Å². The molecule has 0 aliphatic carbocycles. The molecule has 1 N–H and O–H groups in total. The smallest absolute Gasteiger partial charge is 0.227 e. The molecule has 0 amide bonds. The van der Waals surface area contributed by atoms with Gasteiger partial charge in [0.05, 0.1) is 11.8 Å². The molecule has 0 spiro atoms. The highest BCUT2D eigenvalue weighted by Crippen LogP contribution is 2.27. The van der Waals surface area contributed by atoms with Gasteiger partial charge in [-0.2, -0.15) is 4.98 Å². The number of rotatable bonds is 6. The van der Waals surface area contributed by atoms with Crippen molar-refractivity contribution < 1.29 is 4.74 Å². The molecule has 1 aromatic heterocycles. The summed E-state index contributed by atoms with van der Waals surface area (Å²) in [5.74, 6) is 2.46. The molecule has 1 saturated heterocycles. The molecular formula is C23H26N4O. The summed E-state index contributed by atoms with van der Waals surface area (Å²) in [7, 11) is 0. The molecule has 1 aliphatic heterocycles. The van der Waals surface area contributed by atoms with Crippen molar-refractivity contribution in [1.29, 1.82) is 0 Å². The van der Waals surface area contributed by atoms with Crippen molar-refractivity contribution in [2.75, 3.05) is 23.3 Å². The topological polar surface area (TPSA) is 50.3 Å². The predicted octanol–water partition coefficient (Wildman–Crippen LogP) is 5.27. The van der Waals surface area contributed by atoms with E-state index in [0.29, 0.717) is 0 Å². The second-order valence-electron chi connectivity index (χ2n) is 7.31. The minimum Gasteiger partial charge on any atom is -0.491 e. The Morgan fingerprint density at radius 3 is 2.32 bits per heavy atom. The quantitative estimate of drug-likeness (QED) is 0.636. The first-order valence-corrected chi connectivity index (χ1v) is 9.90. The molecule has 144 valence electrons. The van der Waals surface area contributed by atoms with E-state index in [1.807, 2.05) is 62.4 Å². The number of benzene rings is 2. The average Bonchev–Trinajstić information content (AvgIpc) is 3.25. The number of nitrogens with zero attached hydrogens (tertiary/aromatic N) is 3. The van der Waals surface area contributed by atoms with Crippen molar-refractivity contribution in [2.24, 2.45) is 0 Å². The Bertz CT molecular complexity index is 904. The zero-order chi connectivity index (χ0) is 19.3. The molecule has 5 nitrogen and oxygen atoms in total. The second kappa shape index (κ2) is 8.30. The molecular weight excluding hydrogens is 348 g/mol. The Balaban J connectivity index is 1.62. The third-order valence-corrected chi connectivity index (χ3v) is 4.67. The van der Waals surface area contributed by atoms with Crippen LogP contribution in [0.25, 0.3) is 11.3 Å². The third kappa shape index (κ3) is 4.42. The predicted molar refractivity (Wildman–Crippen MR) is 114 cm³/mol. The number of ether oxygens (including phenoxy) is 1. The Labute approximate surface area is 166 Å². The van der Waals surface area contributed by atoms with Crippen molar-refractivity contribution >= 4 is 17.5 Å². The molecule has 4 rings (SSSR count). The third-order valence-electron chi connectivity index (χ3n) is 4.67. The van der Waals surface area contributed by atoms with Crippen LogP contribution in [0.4, 0.5) is 17.5 Å². The van der Waals surface area contributed by atoms with E-state index >= 15 is 0 Å². The van der Waals surface area contributed by atoms with Gasteiger partial charge in [0.2, 0.25) is 5.95 Å². The van der Waals surface area contributed by atoms with Crippen molar-refractivity contribution in [1.82, 2.24) is 9.97 Å². The molecule has 5 heteroatoms. The van der Waals surface area contributed by atoms with Crippen LogP contribution in [0.3, 0.4) is 0 Å². The lowest BCUT2D eigenvalue weighted by Crippen LogP contribution is -2.21. The van der Waals surface area contributed by atoms with E-state index < -0.39 is 0 Å². The first-order chi connectivity index (χ1) is 13.7. The first-order valence-electron chi connectivity index (χ1n) is 9.90. The zero-order valence-electron chi connectivity index (χ0n) is 16.4. The number of hydrogen-bond acceptors (Lipinski definition) is 5. The van der Waals surface area contributed by atoms with Crippen LogP contribution in [-0.4, -0.2) is 29.2 Å². The van der Waals surface area contributed by atoms with Crippen LogP contribution in [-0.2, 0) is 0 Å². The number of aromatic nitrogens is 2. The summed E-state index contributed by atoms with van der Waals surface area (Å²) in [6.07, 6.45) is 2.55. The van der Waals surface area contributed by atoms with Crippen LogP contribution in [0.1, 0.15) is 26.7 Å². The SMILES string of the molecule is CC(C)Oc1ccc(Nc2cc(-c3ccccc3)nc(N3CCCC3)n2)cc1. The summed E-state index contributed by atoms with van der Waals surface area (Å²) >= 11 is 0. The van der Waals surface area contributed by atoms with Crippen LogP contribution in [0.5, 0.6) is 5.75 Å². The van der Waals surface area contributed by atoms with E-state index in [2.05, 4.69) is 22.3 Å². The molecule has 2 heterocycles. The fraction of sp³-hybridized carbons (Fsp3) is 0.304. The molecule has 1 fully saturated rings. The maximum absolute atomic E-state index is 5.72. The van der Waals surface area contributed by atoms with E-state index in [9.17, 15) is 0 Å². The maximum Gasteiger partial charge on any atom is 0.227 e. The van der Waals surface area contributed by atoms with Gasteiger partial charge in [0.25, 0.3) is 0 Å². The summed E-state index contributed by atoms with van der Waals surface area (Å²) in [4.78, 5) is 11.9. The van der Waals surface area contributed by atoms with Gasteiger partial charge in [-0.3, -0.25) is 0 Å². The number of hydrogen-bond donors (Lipinski definition) is 1. The molecule has 0 atom stereocenters. The fourth-order valence-corrected chi connectivity index (χ4v) is 3.35. The standard InChI is InChI=1S/C23H26N4O/c1-17(2)28-20-12-10-19(11-13-20)24-22-16-21(18-8-4-3-5-9-18)25-23(26-22)27-14-6-7-15-27/h3-5,8-13,16-17H,6-7,14-15H2,1-2H3,(H,24,25,26). The Hall–Kier alpha value is -3.08. The average molecular weight is 374 g/mol. The Morgan fingerprint density at radius 2 is 1.64 bits per heavy atom. The summed E-state index contributed by atoms with van der Waals surface area (Å²) < 4.78 is 5.72. The lowest BCUT2D eigenvalue weighted by molar-refractivity contribution is 0.242. The molecule has 0 unspecified atom stereocenters. The Kier molecular flexibility index (Phi) is 5.42. The van der Waals surface area contributed by atoms with Crippen LogP contribution >= 0.6 is 0 Å². The summed E-state index contributed by atoms with van der Waals surface area (Å²) in [5.41, 5.74) is 3.00. The van der Waals surface area contributed by atoms with Gasteiger partial charge in [0, 0.05) is 30.4 Å². The van der Waals surface area contributed by atoms with Crippen LogP contribution in [0.2, 0.25) is 0 Å². The Morgan fingerprint density at radius 1 is 0.929 bits per heavy atom. The van der Waals surface area contributed by atoms with E-state index in [-0.39, 0.29) is 6.10 Å². The van der Waals surface area contributed by atoms with Crippen molar-refractivity contribution in [3.63, 3.8) is 0 Å². The van der Waals surface area contributed by atoms with Crippen molar-refractivity contribution in [2.45, 2.75) is 32.8 Å². The maximum atomic E-state index is 5.72. The van der Waals surface area contributed by atoms with Gasteiger partial charge in [-0.15, -0.1) is 0 Å². The van der Waals surface area contributed by atoms with E-state index in [1.165, 1.54) is 12.8 Å². The summed E-state index contributed by atoms with van der Waals surface area (Å²) in [6.45, 7) is 6.08. The fourth-order valence-electron chi connectivity index (χ4n) is 3.35. The second-order valence-corrected chi connectivity index (χ2v) is 7.31. The molecule has 3 aromatic rings. The normalized spacial score (nSPS) is 13.8. The van der Waals surface area contributed by atoms with Crippen LogP contribution < -0.4 is 15.0 Å². The number of anilines is 3. The van der Waals surface area contributed by atoms with Crippen LogP contribution in [0, 0.1) is 0 Å². The van der Waals surface area contributed by atoms with Gasteiger partial charge in [-0.1, -0.05) is 30.3 Å². The van der Waals surface area contributed by atoms with Gasteiger partial charge in [0.1, 0.15) is 11.6 Å². The lowest BCUT2D eigenvalue weighted by Gasteiger charge is -2.18. The highest BCUT2D eigenvalue weighted by atomic mass is 16.5. The monoisotopic (exact) mass is 374 g/mol. The van der Waals surface area contributed by atoms with Crippen molar-refractivity contribution in [3.8, 4) is 17.0 Å². The summed E-state index contributed by atoms with van der Waals surface area (Å²) in [5, 5.41) is 3.43. The zero-order valence-corrected chi connectivity index (χ0v) is 16.4. The van der Waals surface area contributed by atoms with Gasteiger partial charge in [-0.05, 0) is 51.0 Å². The molecule has 1 aliphatic rings. The molecule has 28 heavy (non-hydrogen) atoms. The van der Waals surface area contributed by atoms with Gasteiger partial charge < -0.3 is 15.0 Å². The minimum atomic E-state index is 0.164. The molecule has 0 radical (unpaired) electrons.